The topological polar surface area (TPSA) is 36.3 Å². The van der Waals surface area contributed by atoms with E-state index in [2.05, 4.69) is 45.0 Å². The van der Waals surface area contributed by atoms with Gasteiger partial charge in [-0.2, -0.15) is 8.78 Å². The summed E-state index contributed by atoms with van der Waals surface area (Å²) < 4.78 is 40.4. The van der Waals surface area contributed by atoms with Crippen molar-refractivity contribution in [2.24, 2.45) is 0 Å². The average Bonchev–Trinajstić information content (AvgIpc) is 3.24. The van der Waals surface area contributed by atoms with Crippen LogP contribution in [0.15, 0.2) is 43.0 Å². The SMILES string of the molecule is C=Cc1cccc(OC(F)F)c1[C@H]1C[C@H](O[Si](C)(C)C(C)(C)C)c2nc3ccc(Cl)cc3n21. The first-order chi connectivity index (χ1) is 15.4. The Labute approximate surface area is 199 Å². The number of ether oxygens (including phenoxy) is 1. The lowest BCUT2D eigenvalue weighted by Crippen LogP contribution is -2.41. The molecule has 2 atom stereocenters. The van der Waals surface area contributed by atoms with Crippen molar-refractivity contribution in [2.45, 2.75) is 64.1 Å². The van der Waals surface area contributed by atoms with Gasteiger partial charge in [0.1, 0.15) is 17.7 Å². The fourth-order valence-corrected chi connectivity index (χ4v) is 5.66. The lowest BCUT2D eigenvalue weighted by Gasteiger charge is -2.38. The van der Waals surface area contributed by atoms with Crippen LogP contribution in [0.4, 0.5) is 8.78 Å². The molecule has 0 spiro atoms. The van der Waals surface area contributed by atoms with Crippen LogP contribution in [-0.4, -0.2) is 24.5 Å². The number of rotatable bonds is 6. The van der Waals surface area contributed by atoms with Gasteiger partial charge >= 0.3 is 6.61 Å². The molecule has 4 nitrogen and oxygen atoms in total. The second-order valence-corrected chi connectivity index (χ2v) is 15.1. The third-order valence-electron chi connectivity index (χ3n) is 6.83. The molecule has 0 radical (unpaired) electrons. The second-order valence-electron chi connectivity index (χ2n) is 9.93. The normalized spacial score (nSPS) is 18.7. The van der Waals surface area contributed by atoms with E-state index in [0.29, 0.717) is 17.0 Å². The van der Waals surface area contributed by atoms with E-state index in [1.165, 1.54) is 0 Å². The Morgan fingerprint density at radius 3 is 2.61 bits per heavy atom. The van der Waals surface area contributed by atoms with E-state index in [1.807, 2.05) is 18.2 Å². The molecule has 176 valence electrons. The van der Waals surface area contributed by atoms with Crippen LogP contribution in [0.3, 0.4) is 0 Å². The summed E-state index contributed by atoms with van der Waals surface area (Å²) in [6, 6.07) is 10.3. The van der Waals surface area contributed by atoms with Crippen molar-refractivity contribution in [3.05, 3.63) is 65.0 Å². The van der Waals surface area contributed by atoms with E-state index in [0.717, 1.165) is 22.4 Å². The van der Waals surface area contributed by atoms with Crippen molar-refractivity contribution in [3.63, 3.8) is 0 Å². The minimum absolute atomic E-state index is 0.00815. The second kappa shape index (κ2) is 8.53. The van der Waals surface area contributed by atoms with Crippen molar-refractivity contribution in [1.29, 1.82) is 0 Å². The van der Waals surface area contributed by atoms with Crippen LogP contribution >= 0.6 is 11.6 Å². The highest BCUT2D eigenvalue weighted by molar-refractivity contribution is 6.74. The predicted octanol–water partition coefficient (Wildman–Crippen LogP) is 7.99. The molecule has 8 heteroatoms. The Bertz CT molecular complexity index is 1200. The molecule has 0 saturated heterocycles. The number of aromatic nitrogens is 2. The molecule has 2 heterocycles. The molecule has 0 saturated carbocycles. The maximum Gasteiger partial charge on any atom is 0.387 e. The minimum atomic E-state index is -2.93. The first-order valence-electron chi connectivity index (χ1n) is 11.0. The fourth-order valence-electron chi connectivity index (χ4n) is 4.23. The third kappa shape index (κ3) is 4.34. The van der Waals surface area contributed by atoms with Gasteiger partial charge in [-0.3, -0.25) is 0 Å². The van der Waals surface area contributed by atoms with Gasteiger partial charge in [-0.05, 0) is 48.0 Å². The Hall–Kier alpha value is -2.22. The fraction of sp³-hybridized carbons (Fsp3) is 0.400. The lowest BCUT2D eigenvalue weighted by molar-refractivity contribution is -0.0507. The summed E-state index contributed by atoms with van der Waals surface area (Å²) in [4.78, 5) is 4.89. The van der Waals surface area contributed by atoms with Crippen molar-refractivity contribution in [3.8, 4) is 5.75 Å². The number of halogens is 3. The molecular weight excluding hydrogens is 462 g/mol. The highest BCUT2D eigenvalue weighted by atomic mass is 35.5. The highest BCUT2D eigenvalue weighted by Crippen LogP contribution is 2.50. The van der Waals surface area contributed by atoms with Crippen molar-refractivity contribution in [1.82, 2.24) is 9.55 Å². The van der Waals surface area contributed by atoms with Gasteiger partial charge in [-0.25, -0.2) is 4.98 Å². The summed E-state index contributed by atoms with van der Waals surface area (Å²) in [6.45, 7) is 11.9. The van der Waals surface area contributed by atoms with Gasteiger partial charge in [-0.1, -0.05) is 57.2 Å². The molecule has 0 fully saturated rings. The third-order valence-corrected chi connectivity index (χ3v) is 11.5. The molecule has 1 aliphatic rings. The first kappa shape index (κ1) is 23.9. The molecule has 0 aliphatic carbocycles. The predicted molar refractivity (Wildman–Crippen MR) is 132 cm³/mol. The van der Waals surface area contributed by atoms with E-state index in [9.17, 15) is 8.78 Å². The number of nitrogens with zero attached hydrogens (tertiary/aromatic N) is 2. The summed E-state index contributed by atoms with van der Waals surface area (Å²) in [6.07, 6.45) is 1.95. The Kier molecular flexibility index (Phi) is 6.18. The van der Waals surface area contributed by atoms with E-state index in [1.54, 1.807) is 24.3 Å². The zero-order valence-electron chi connectivity index (χ0n) is 19.5. The summed E-state index contributed by atoms with van der Waals surface area (Å²) in [7, 11) is -2.14. The molecular formula is C25H29ClF2N2O2Si. The molecule has 1 aliphatic heterocycles. The average molecular weight is 491 g/mol. The molecule has 3 aromatic rings. The van der Waals surface area contributed by atoms with Crippen molar-refractivity contribution in [2.75, 3.05) is 0 Å². The zero-order valence-corrected chi connectivity index (χ0v) is 21.3. The van der Waals surface area contributed by atoms with Gasteiger partial charge in [0.25, 0.3) is 0 Å². The number of hydrogen-bond donors (Lipinski definition) is 0. The zero-order chi connectivity index (χ0) is 24.1. The monoisotopic (exact) mass is 490 g/mol. The van der Waals surface area contributed by atoms with E-state index in [-0.39, 0.29) is 22.9 Å². The van der Waals surface area contributed by atoms with Crippen LogP contribution < -0.4 is 4.74 Å². The van der Waals surface area contributed by atoms with Gasteiger partial charge in [0.15, 0.2) is 8.32 Å². The smallest absolute Gasteiger partial charge is 0.387 e. The maximum absolute atomic E-state index is 13.3. The van der Waals surface area contributed by atoms with E-state index >= 15 is 0 Å². The number of benzene rings is 2. The van der Waals surface area contributed by atoms with Crippen LogP contribution in [0.1, 0.15) is 56.3 Å². The quantitative estimate of drug-likeness (QED) is 0.328. The molecule has 0 amide bonds. The summed E-state index contributed by atoms with van der Waals surface area (Å²) in [5, 5.41) is 0.590. The largest absolute Gasteiger partial charge is 0.434 e. The first-order valence-corrected chi connectivity index (χ1v) is 14.3. The molecule has 0 unspecified atom stereocenters. The number of hydrogen-bond acceptors (Lipinski definition) is 3. The Balaban J connectivity index is 1.92. The molecule has 1 aromatic heterocycles. The maximum atomic E-state index is 13.3. The molecule has 33 heavy (non-hydrogen) atoms. The summed E-state index contributed by atoms with van der Waals surface area (Å²) in [5.41, 5.74) is 3.01. The van der Waals surface area contributed by atoms with Crippen LogP contribution in [0.5, 0.6) is 5.75 Å². The van der Waals surface area contributed by atoms with Gasteiger partial charge < -0.3 is 13.7 Å². The van der Waals surface area contributed by atoms with Crippen molar-refractivity contribution >= 4 is 37.0 Å². The van der Waals surface area contributed by atoms with E-state index in [4.69, 9.17) is 25.7 Å². The van der Waals surface area contributed by atoms with Crippen LogP contribution in [0.25, 0.3) is 17.1 Å². The Morgan fingerprint density at radius 1 is 1.24 bits per heavy atom. The van der Waals surface area contributed by atoms with Gasteiger partial charge in [0.2, 0.25) is 0 Å². The van der Waals surface area contributed by atoms with Crippen LogP contribution in [0.2, 0.25) is 23.2 Å². The number of imidazole rings is 1. The van der Waals surface area contributed by atoms with Gasteiger partial charge in [0, 0.05) is 17.0 Å². The lowest BCUT2D eigenvalue weighted by atomic mass is 9.96. The summed E-state index contributed by atoms with van der Waals surface area (Å²) in [5.74, 6) is 0.916. The molecule has 2 aromatic carbocycles. The minimum Gasteiger partial charge on any atom is -0.434 e. The summed E-state index contributed by atoms with van der Waals surface area (Å²) >= 11 is 6.33. The van der Waals surface area contributed by atoms with Gasteiger partial charge in [0.05, 0.1) is 17.1 Å². The van der Waals surface area contributed by atoms with Crippen molar-refractivity contribution < 1.29 is 17.9 Å². The van der Waals surface area contributed by atoms with Gasteiger partial charge in [-0.15, -0.1) is 0 Å². The molecule has 0 bridgehead atoms. The highest BCUT2D eigenvalue weighted by Gasteiger charge is 2.45. The molecule has 0 N–H and O–H groups in total. The number of alkyl halides is 2. The molecule has 4 rings (SSSR count). The number of fused-ring (bicyclic) bond motifs is 3. The van der Waals surface area contributed by atoms with Crippen LogP contribution in [-0.2, 0) is 4.43 Å². The standard InChI is InChI=1S/C25H29ClF2N2O2Si/c1-7-15-9-8-10-20(31-24(27)28)22(15)19-14-21(32-33(5,6)25(2,3)4)23-29-17-12-11-16(26)13-18(17)30(19)23/h7-13,19,21,24H,1,14H2,2-6H3/t19-,21+/m1/s1. The van der Waals surface area contributed by atoms with E-state index < -0.39 is 14.9 Å². The Morgan fingerprint density at radius 2 is 1.97 bits per heavy atom. The van der Waals surface area contributed by atoms with Crippen LogP contribution in [0, 0.1) is 0 Å².